The highest BCUT2D eigenvalue weighted by Gasteiger charge is 2.24. The minimum Gasteiger partial charge on any atom is -0.497 e. The van der Waals surface area contributed by atoms with Crippen LogP contribution in [0.15, 0.2) is 18.2 Å². The topological polar surface area (TPSA) is 21.7 Å². The van der Waals surface area contributed by atoms with Crippen LogP contribution in [0.4, 0.5) is 0 Å². The Balaban J connectivity index is 2.38. The first-order valence-electron chi connectivity index (χ1n) is 5.16. The van der Waals surface area contributed by atoms with Crippen LogP contribution in [0.5, 0.6) is 5.75 Å². The van der Waals surface area contributed by atoms with Crippen molar-refractivity contribution in [3.8, 4) is 5.75 Å². The molecule has 82 valence electrons. The minimum atomic E-state index is 0.0830. The summed E-state index contributed by atoms with van der Waals surface area (Å²) >= 11 is 0. The predicted molar refractivity (Wildman–Crippen MR) is 59.1 cm³/mol. The predicted octanol–water partition coefficient (Wildman–Crippen LogP) is 1.83. The molecule has 1 aromatic rings. The standard InChI is InChI=1S/C12H17NO2/c1-13-7-6-9-8-10(14-2)4-5-11(9)12(13)15-3/h4-5,8,12H,6-7H2,1-3H3. The number of methoxy groups -OCH3 is 2. The highest BCUT2D eigenvalue weighted by molar-refractivity contribution is 5.38. The van der Waals surface area contributed by atoms with Gasteiger partial charge in [0.25, 0.3) is 0 Å². The molecule has 0 amide bonds. The van der Waals surface area contributed by atoms with Gasteiger partial charge in [-0.15, -0.1) is 0 Å². The third-order valence-electron chi connectivity index (χ3n) is 2.97. The molecule has 3 heteroatoms. The molecular formula is C12H17NO2. The lowest BCUT2D eigenvalue weighted by molar-refractivity contribution is -0.0266. The van der Waals surface area contributed by atoms with E-state index in [9.17, 15) is 0 Å². The van der Waals surface area contributed by atoms with Crippen LogP contribution >= 0.6 is 0 Å². The largest absolute Gasteiger partial charge is 0.497 e. The maximum atomic E-state index is 5.49. The molecule has 0 radical (unpaired) electrons. The van der Waals surface area contributed by atoms with E-state index in [2.05, 4.69) is 24.1 Å². The smallest absolute Gasteiger partial charge is 0.136 e. The van der Waals surface area contributed by atoms with E-state index in [0.717, 1.165) is 18.7 Å². The molecule has 15 heavy (non-hydrogen) atoms. The SMILES string of the molecule is COc1ccc2c(c1)CCN(C)C2OC. The van der Waals surface area contributed by atoms with Gasteiger partial charge in [-0.2, -0.15) is 0 Å². The number of fused-ring (bicyclic) bond motifs is 1. The second kappa shape index (κ2) is 4.21. The normalized spacial score (nSPS) is 21.1. The van der Waals surface area contributed by atoms with Crippen molar-refractivity contribution >= 4 is 0 Å². The quantitative estimate of drug-likeness (QED) is 0.738. The highest BCUT2D eigenvalue weighted by atomic mass is 16.5. The van der Waals surface area contributed by atoms with Gasteiger partial charge in [-0.25, -0.2) is 0 Å². The summed E-state index contributed by atoms with van der Waals surface area (Å²) in [6, 6.07) is 6.19. The molecule has 1 heterocycles. The van der Waals surface area contributed by atoms with Crippen molar-refractivity contribution in [2.75, 3.05) is 27.8 Å². The molecule has 0 aliphatic carbocycles. The van der Waals surface area contributed by atoms with Crippen LogP contribution in [0, 0.1) is 0 Å². The summed E-state index contributed by atoms with van der Waals surface area (Å²) in [4.78, 5) is 2.22. The van der Waals surface area contributed by atoms with Gasteiger partial charge in [-0.3, -0.25) is 4.90 Å². The Labute approximate surface area is 90.6 Å². The van der Waals surface area contributed by atoms with Crippen molar-refractivity contribution in [1.29, 1.82) is 0 Å². The average molecular weight is 207 g/mol. The fraction of sp³-hybridized carbons (Fsp3) is 0.500. The molecular weight excluding hydrogens is 190 g/mol. The van der Waals surface area contributed by atoms with Crippen LogP contribution in [-0.2, 0) is 11.2 Å². The second-order valence-corrected chi connectivity index (χ2v) is 3.88. The van der Waals surface area contributed by atoms with Crippen molar-refractivity contribution in [2.45, 2.75) is 12.6 Å². The molecule has 0 fully saturated rings. The second-order valence-electron chi connectivity index (χ2n) is 3.88. The molecule has 1 atom stereocenters. The van der Waals surface area contributed by atoms with E-state index in [1.807, 2.05) is 6.07 Å². The number of likely N-dealkylation sites (N-methyl/N-ethyl adjacent to an activating group) is 1. The minimum absolute atomic E-state index is 0.0830. The fourth-order valence-electron chi connectivity index (χ4n) is 2.12. The molecule has 0 spiro atoms. The van der Waals surface area contributed by atoms with E-state index in [1.165, 1.54) is 11.1 Å². The third kappa shape index (κ3) is 1.85. The number of nitrogens with zero attached hydrogens (tertiary/aromatic N) is 1. The molecule has 0 saturated heterocycles. The summed E-state index contributed by atoms with van der Waals surface area (Å²) in [6.45, 7) is 1.03. The summed E-state index contributed by atoms with van der Waals surface area (Å²) < 4.78 is 10.7. The van der Waals surface area contributed by atoms with Crippen LogP contribution in [0.3, 0.4) is 0 Å². The van der Waals surface area contributed by atoms with E-state index in [4.69, 9.17) is 9.47 Å². The maximum Gasteiger partial charge on any atom is 0.136 e. The van der Waals surface area contributed by atoms with Crippen molar-refractivity contribution in [3.05, 3.63) is 29.3 Å². The molecule has 2 rings (SSSR count). The lowest BCUT2D eigenvalue weighted by Crippen LogP contribution is -2.33. The Hall–Kier alpha value is -1.06. The van der Waals surface area contributed by atoms with E-state index in [-0.39, 0.29) is 6.23 Å². The Kier molecular flexibility index (Phi) is 2.93. The Morgan fingerprint density at radius 1 is 1.33 bits per heavy atom. The number of rotatable bonds is 2. The third-order valence-corrected chi connectivity index (χ3v) is 2.97. The molecule has 0 bridgehead atoms. The van der Waals surface area contributed by atoms with Gasteiger partial charge in [0.2, 0.25) is 0 Å². The highest BCUT2D eigenvalue weighted by Crippen LogP contribution is 2.31. The monoisotopic (exact) mass is 207 g/mol. The molecule has 1 aliphatic rings. The van der Waals surface area contributed by atoms with Crippen molar-refractivity contribution in [2.24, 2.45) is 0 Å². The van der Waals surface area contributed by atoms with Gasteiger partial charge in [0, 0.05) is 13.7 Å². The number of benzene rings is 1. The summed E-state index contributed by atoms with van der Waals surface area (Å²) in [5.41, 5.74) is 2.59. The zero-order valence-corrected chi connectivity index (χ0v) is 9.49. The lowest BCUT2D eigenvalue weighted by Gasteiger charge is -2.33. The van der Waals surface area contributed by atoms with Crippen LogP contribution in [-0.4, -0.2) is 32.7 Å². The van der Waals surface area contributed by atoms with Crippen molar-refractivity contribution < 1.29 is 9.47 Å². The zero-order valence-electron chi connectivity index (χ0n) is 9.49. The molecule has 1 aromatic carbocycles. The summed E-state index contributed by atoms with van der Waals surface area (Å²) in [6.07, 6.45) is 1.14. The first-order chi connectivity index (χ1) is 7.26. The van der Waals surface area contributed by atoms with Crippen LogP contribution in [0.1, 0.15) is 17.4 Å². The number of hydrogen-bond acceptors (Lipinski definition) is 3. The van der Waals surface area contributed by atoms with E-state index < -0.39 is 0 Å². The van der Waals surface area contributed by atoms with Gasteiger partial charge in [0.15, 0.2) is 0 Å². The molecule has 0 saturated carbocycles. The number of hydrogen-bond donors (Lipinski definition) is 0. The first-order valence-corrected chi connectivity index (χ1v) is 5.16. The van der Waals surface area contributed by atoms with Gasteiger partial charge < -0.3 is 9.47 Å². The van der Waals surface area contributed by atoms with Crippen LogP contribution in [0.2, 0.25) is 0 Å². The molecule has 0 N–H and O–H groups in total. The van der Waals surface area contributed by atoms with Gasteiger partial charge in [-0.1, -0.05) is 6.07 Å². The maximum absolute atomic E-state index is 5.49. The van der Waals surface area contributed by atoms with Crippen LogP contribution in [0.25, 0.3) is 0 Å². The zero-order chi connectivity index (χ0) is 10.8. The molecule has 1 unspecified atom stereocenters. The molecule has 0 aromatic heterocycles. The van der Waals surface area contributed by atoms with E-state index in [0.29, 0.717) is 0 Å². The van der Waals surface area contributed by atoms with Crippen LogP contribution < -0.4 is 4.74 Å². The van der Waals surface area contributed by atoms with Gasteiger partial charge >= 0.3 is 0 Å². The lowest BCUT2D eigenvalue weighted by atomic mass is 9.98. The molecule has 1 aliphatic heterocycles. The van der Waals surface area contributed by atoms with E-state index >= 15 is 0 Å². The Morgan fingerprint density at radius 3 is 2.80 bits per heavy atom. The van der Waals surface area contributed by atoms with Gasteiger partial charge in [0.05, 0.1) is 7.11 Å². The van der Waals surface area contributed by atoms with Crippen molar-refractivity contribution in [1.82, 2.24) is 4.90 Å². The fourth-order valence-corrected chi connectivity index (χ4v) is 2.12. The first kappa shape index (κ1) is 10.5. The molecule has 3 nitrogen and oxygen atoms in total. The average Bonchev–Trinajstić information content (AvgIpc) is 2.28. The van der Waals surface area contributed by atoms with E-state index in [1.54, 1.807) is 14.2 Å². The summed E-state index contributed by atoms with van der Waals surface area (Å²) in [7, 11) is 5.53. The number of ether oxygens (including phenoxy) is 2. The van der Waals surface area contributed by atoms with Crippen molar-refractivity contribution in [3.63, 3.8) is 0 Å². The summed E-state index contributed by atoms with van der Waals surface area (Å²) in [5.74, 6) is 0.924. The Morgan fingerprint density at radius 2 is 2.13 bits per heavy atom. The Bertz CT molecular complexity index is 351. The summed E-state index contributed by atoms with van der Waals surface area (Å²) in [5, 5.41) is 0. The van der Waals surface area contributed by atoms with Gasteiger partial charge in [0.1, 0.15) is 12.0 Å². The van der Waals surface area contributed by atoms with Gasteiger partial charge in [-0.05, 0) is 36.7 Å².